The van der Waals surface area contributed by atoms with Gasteiger partial charge in [0.2, 0.25) is 0 Å². The van der Waals surface area contributed by atoms with E-state index in [2.05, 4.69) is 22.9 Å². The van der Waals surface area contributed by atoms with Crippen LogP contribution >= 0.6 is 27.5 Å². The number of benzene rings is 1. The van der Waals surface area contributed by atoms with Crippen molar-refractivity contribution in [3.63, 3.8) is 0 Å². The molecule has 0 heterocycles. The van der Waals surface area contributed by atoms with E-state index >= 15 is 0 Å². The summed E-state index contributed by atoms with van der Waals surface area (Å²) in [5.74, 6) is 1.51. The fourth-order valence-electron chi connectivity index (χ4n) is 1.55. The predicted octanol–water partition coefficient (Wildman–Crippen LogP) is 4.94. The van der Waals surface area contributed by atoms with Gasteiger partial charge in [0.15, 0.2) is 11.5 Å². The summed E-state index contributed by atoms with van der Waals surface area (Å²) in [6.07, 6.45) is 0.875. The molecule has 0 aliphatic rings. The molecule has 0 saturated carbocycles. The zero-order valence-electron chi connectivity index (χ0n) is 10.4. The Kier molecular flexibility index (Phi) is 6.14. The molecule has 96 valence electrons. The lowest BCUT2D eigenvalue weighted by atomic mass is 10.1. The molecule has 0 saturated heterocycles. The molecule has 0 spiro atoms. The SMILES string of the molecule is CCOc1cc(Br)c(C(Cl)CC)cc1OCC. The van der Waals surface area contributed by atoms with Crippen LogP contribution in [-0.2, 0) is 0 Å². The lowest BCUT2D eigenvalue weighted by Gasteiger charge is -2.16. The molecule has 17 heavy (non-hydrogen) atoms. The molecule has 0 bridgehead atoms. The van der Waals surface area contributed by atoms with Crippen molar-refractivity contribution in [2.45, 2.75) is 32.6 Å². The van der Waals surface area contributed by atoms with Gasteiger partial charge >= 0.3 is 0 Å². The second-order valence-corrected chi connectivity index (χ2v) is 4.94. The Labute approximate surface area is 116 Å². The summed E-state index contributed by atoms with van der Waals surface area (Å²) in [5, 5.41) is -0.0146. The summed E-state index contributed by atoms with van der Waals surface area (Å²) in [7, 11) is 0. The maximum Gasteiger partial charge on any atom is 0.162 e. The van der Waals surface area contributed by atoms with Gasteiger partial charge in [-0.1, -0.05) is 22.9 Å². The first-order valence-electron chi connectivity index (χ1n) is 5.87. The molecule has 0 fully saturated rings. The van der Waals surface area contributed by atoms with Crippen molar-refractivity contribution in [1.82, 2.24) is 0 Å². The van der Waals surface area contributed by atoms with Gasteiger partial charge in [-0.05, 0) is 38.0 Å². The van der Waals surface area contributed by atoms with E-state index in [1.165, 1.54) is 0 Å². The molecule has 1 atom stereocenters. The number of hydrogen-bond donors (Lipinski definition) is 0. The highest BCUT2D eigenvalue weighted by molar-refractivity contribution is 9.10. The number of rotatable bonds is 6. The van der Waals surface area contributed by atoms with Crippen LogP contribution in [-0.4, -0.2) is 13.2 Å². The van der Waals surface area contributed by atoms with Crippen molar-refractivity contribution in [1.29, 1.82) is 0 Å². The van der Waals surface area contributed by atoms with Gasteiger partial charge in [0, 0.05) is 4.47 Å². The standard InChI is InChI=1S/C13H18BrClO2/c1-4-11(15)9-7-12(16-5-2)13(17-6-3)8-10(9)14/h7-8,11H,4-6H2,1-3H3. The number of ether oxygens (including phenoxy) is 2. The quantitative estimate of drug-likeness (QED) is 0.691. The van der Waals surface area contributed by atoms with Crippen molar-refractivity contribution in [3.05, 3.63) is 22.2 Å². The molecule has 1 rings (SSSR count). The van der Waals surface area contributed by atoms with Gasteiger partial charge in [-0.3, -0.25) is 0 Å². The second kappa shape index (κ2) is 7.12. The van der Waals surface area contributed by atoms with E-state index in [-0.39, 0.29) is 5.38 Å². The molecule has 0 aromatic heterocycles. The third-order valence-corrected chi connectivity index (χ3v) is 3.59. The summed E-state index contributed by atoms with van der Waals surface area (Å²) >= 11 is 9.79. The highest BCUT2D eigenvalue weighted by atomic mass is 79.9. The summed E-state index contributed by atoms with van der Waals surface area (Å²) in [4.78, 5) is 0. The Bertz CT molecular complexity index is 369. The molecule has 0 N–H and O–H groups in total. The Morgan fingerprint density at radius 1 is 1.12 bits per heavy atom. The smallest absolute Gasteiger partial charge is 0.162 e. The summed E-state index contributed by atoms with van der Waals surface area (Å²) in [6.45, 7) is 7.19. The Hall–Kier alpha value is -0.410. The van der Waals surface area contributed by atoms with Crippen LogP contribution in [0.1, 0.15) is 38.1 Å². The van der Waals surface area contributed by atoms with E-state index < -0.39 is 0 Å². The molecule has 1 aromatic carbocycles. The molecule has 1 aromatic rings. The first-order valence-corrected chi connectivity index (χ1v) is 7.10. The minimum atomic E-state index is -0.0146. The highest BCUT2D eigenvalue weighted by Crippen LogP contribution is 2.39. The van der Waals surface area contributed by atoms with Crippen LogP contribution in [0.25, 0.3) is 0 Å². The molecule has 0 aliphatic carbocycles. The monoisotopic (exact) mass is 320 g/mol. The lowest BCUT2D eigenvalue weighted by Crippen LogP contribution is -2.01. The van der Waals surface area contributed by atoms with Crippen LogP contribution in [0.4, 0.5) is 0 Å². The summed E-state index contributed by atoms with van der Waals surface area (Å²) in [5.41, 5.74) is 1.04. The Balaban J connectivity index is 3.14. The minimum Gasteiger partial charge on any atom is -0.490 e. The minimum absolute atomic E-state index is 0.0146. The third-order valence-electron chi connectivity index (χ3n) is 2.36. The normalized spacial score (nSPS) is 12.3. The topological polar surface area (TPSA) is 18.5 Å². The third kappa shape index (κ3) is 3.78. The van der Waals surface area contributed by atoms with Crippen LogP contribution in [0.5, 0.6) is 11.5 Å². The molecule has 0 aliphatic heterocycles. The van der Waals surface area contributed by atoms with Crippen molar-refractivity contribution in [2.75, 3.05) is 13.2 Å². The Morgan fingerprint density at radius 2 is 1.65 bits per heavy atom. The predicted molar refractivity (Wildman–Crippen MR) is 75.4 cm³/mol. The molecule has 0 amide bonds. The maximum absolute atomic E-state index is 6.27. The van der Waals surface area contributed by atoms with E-state index in [0.29, 0.717) is 13.2 Å². The Morgan fingerprint density at radius 3 is 2.12 bits per heavy atom. The average Bonchev–Trinajstić information content (AvgIpc) is 2.32. The number of alkyl halides is 1. The van der Waals surface area contributed by atoms with Gasteiger partial charge in [-0.25, -0.2) is 0 Å². The molecule has 2 nitrogen and oxygen atoms in total. The van der Waals surface area contributed by atoms with E-state index in [0.717, 1.165) is 28.0 Å². The zero-order valence-corrected chi connectivity index (χ0v) is 12.8. The van der Waals surface area contributed by atoms with E-state index in [9.17, 15) is 0 Å². The van der Waals surface area contributed by atoms with Crippen LogP contribution in [0.2, 0.25) is 0 Å². The van der Waals surface area contributed by atoms with E-state index in [1.807, 2.05) is 26.0 Å². The van der Waals surface area contributed by atoms with Gasteiger partial charge in [0.05, 0.1) is 18.6 Å². The van der Waals surface area contributed by atoms with Crippen LogP contribution < -0.4 is 9.47 Å². The van der Waals surface area contributed by atoms with Crippen LogP contribution in [0, 0.1) is 0 Å². The molecular weight excluding hydrogens is 303 g/mol. The van der Waals surface area contributed by atoms with Crippen molar-refractivity contribution in [3.8, 4) is 11.5 Å². The second-order valence-electron chi connectivity index (χ2n) is 3.56. The number of halogens is 2. The molecular formula is C13H18BrClO2. The van der Waals surface area contributed by atoms with E-state index in [4.69, 9.17) is 21.1 Å². The average molecular weight is 322 g/mol. The van der Waals surface area contributed by atoms with E-state index in [1.54, 1.807) is 0 Å². The molecule has 1 unspecified atom stereocenters. The maximum atomic E-state index is 6.27. The largest absolute Gasteiger partial charge is 0.490 e. The number of hydrogen-bond acceptors (Lipinski definition) is 2. The van der Waals surface area contributed by atoms with Gasteiger partial charge in [0.1, 0.15) is 0 Å². The van der Waals surface area contributed by atoms with Crippen molar-refractivity contribution in [2.24, 2.45) is 0 Å². The molecule has 0 radical (unpaired) electrons. The first kappa shape index (κ1) is 14.7. The van der Waals surface area contributed by atoms with Crippen LogP contribution in [0.15, 0.2) is 16.6 Å². The van der Waals surface area contributed by atoms with Gasteiger partial charge < -0.3 is 9.47 Å². The summed E-state index contributed by atoms with van der Waals surface area (Å²) in [6, 6.07) is 3.88. The highest BCUT2D eigenvalue weighted by Gasteiger charge is 2.15. The van der Waals surface area contributed by atoms with Gasteiger partial charge in [-0.15, -0.1) is 11.6 Å². The van der Waals surface area contributed by atoms with Crippen LogP contribution in [0.3, 0.4) is 0 Å². The van der Waals surface area contributed by atoms with Gasteiger partial charge in [0.25, 0.3) is 0 Å². The lowest BCUT2D eigenvalue weighted by molar-refractivity contribution is 0.287. The molecule has 4 heteroatoms. The fourth-order valence-corrected chi connectivity index (χ4v) is 2.46. The summed E-state index contributed by atoms with van der Waals surface area (Å²) < 4.78 is 12.1. The van der Waals surface area contributed by atoms with Crippen molar-refractivity contribution < 1.29 is 9.47 Å². The van der Waals surface area contributed by atoms with Crippen molar-refractivity contribution >= 4 is 27.5 Å². The fraction of sp³-hybridized carbons (Fsp3) is 0.538. The zero-order chi connectivity index (χ0) is 12.8. The first-order chi connectivity index (χ1) is 8.13. The van der Waals surface area contributed by atoms with Gasteiger partial charge in [-0.2, -0.15) is 0 Å².